The van der Waals surface area contributed by atoms with Crippen molar-refractivity contribution in [2.75, 3.05) is 0 Å². The molecule has 2 rings (SSSR count). The predicted molar refractivity (Wildman–Crippen MR) is 72.1 cm³/mol. The molecule has 1 unspecified atom stereocenters. The van der Waals surface area contributed by atoms with Gasteiger partial charge in [-0.25, -0.2) is 9.18 Å². The zero-order valence-corrected chi connectivity index (χ0v) is 11.3. The van der Waals surface area contributed by atoms with E-state index in [2.05, 4.69) is 5.32 Å². The highest BCUT2D eigenvalue weighted by Gasteiger charge is 2.14. The van der Waals surface area contributed by atoms with Gasteiger partial charge in [-0.1, -0.05) is 12.1 Å². The van der Waals surface area contributed by atoms with E-state index >= 15 is 0 Å². The number of carboxylic acids is 1. The fourth-order valence-electron chi connectivity index (χ4n) is 1.97. The summed E-state index contributed by atoms with van der Waals surface area (Å²) in [4.78, 5) is 10.9. The van der Waals surface area contributed by atoms with Crippen molar-refractivity contribution in [3.63, 3.8) is 0 Å². The number of hydrogen-bond acceptors (Lipinski definition) is 3. The number of rotatable bonds is 5. The number of aromatic carboxylic acids is 1. The maximum Gasteiger partial charge on any atom is 0.372 e. The highest BCUT2D eigenvalue weighted by Crippen LogP contribution is 2.17. The maximum atomic E-state index is 12.8. The molecule has 0 aliphatic rings. The number of aryl methyl sites for hydroxylation is 1. The lowest BCUT2D eigenvalue weighted by atomic mass is 10.1. The van der Waals surface area contributed by atoms with Gasteiger partial charge >= 0.3 is 5.97 Å². The molecule has 0 fully saturated rings. The highest BCUT2D eigenvalue weighted by molar-refractivity contribution is 5.86. The minimum absolute atomic E-state index is 0.00860. The molecule has 2 N–H and O–H groups in total. The summed E-state index contributed by atoms with van der Waals surface area (Å²) in [6, 6.07) is 7.95. The van der Waals surface area contributed by atoms with Gasteiger partial charge in [-0.05, 0) is 37.6 Å². The molecule has 0 spiro atoms. The van der Waals surface area contributed by atoms with Crippen LogP contribution < -0.4 is 5.32 Å². The minimum Gasteiger partial charge on any atom is -0.475 e. The van der Waals surface area contributed by atoms with Crippen LogP contribution in [0.25, 0.3) is 0 Å². The molecule has 0 aliphatic carbocycles. The van der Waals surface area contributed by atoms with Gasteiger partial charge in [0.2, 0.25) is 5.76 Å². The number of carbonyl (C=O) groups is 1. The lowest BCUT2D eigenvalue weighted by Crippen LogP contribution is -2.17. The van der Waals surface area contributed by atoms with E-state index < -0.39 is 5.97 Å². The van der Waals surface area contributed by atoms with Crippen LogP contribution >= 0.6 is 0 Å². The van der Waals surface area contributed by atoms with Gasteiger partial charge in [-0.2, -0.15) is 0 Å². The Bertz CT molecular complexity index is 604. The van der Waals surface area contributed by atoms with E-state index in [0.717, 1.165) is 5.56 Å². The first-order chi connectivity index (χ1) is 9.47. The van der Waals surface area contributed by atoms with Crippen LogP contribution in [0.2, 0.25) is 0 Å². The van der Waals surface area contributed by atoms with Crippen LogP contribution in [0, 0.1) is 12.7 Å². The van der Waals surface area contributed by atoms with Crippen molar-refractivity contribution in [1.29, 1.82) is 0 Å². The number of hydrogen-bond donors (Lipinski definition) is 2. The topological polar surface area (TPSA) is 62.5 Å². The van der Waals surface area contributed by atoms with Crippen molar-refractivity contribution in [2.45, 2.75) is 26.4 Å². The van der Waals surface area contributed by atoms with E-state index in [4.69, 9.17) is 9.52 Å². The predicted octanol–water partition coefficient (Wildman–Crippen LogP) is 3.28. The molecule has 20 heavy (non-hydrogen) atoms. The Hall–Kier alpha value is -2.14. The van der Waals surface area contributed by atoms with E-state index in [1.807, 2.05) is 6.92 Å². The third kappa shape index (κ3) is 3.24. The number of carboxylic acid groups (broad SMARTS) is 1. The fraction of sp³-hybridized carbons (Fsp3) is 0.267. The molecule has 1 atom stereocenters. The lowest BCUT2D eigenvalue weighted by Gasteiger charge is -2.13. The largest absolute Gasteiger partial charge is 0.475 e. The van der Waals surface area contributed by atoms with Gasteiger partial charge in [-0.3, -0.25) is 0 Å². The Kier molecular flexibility index (Phi) is 4.20. The summed E-state index contributed by atoms with van der Waals surface area (Å²) in [5.74, 6) is -0.806. The van der Waals surface area contributed by atoms with Crippen molar-refractivity contribution in [3.05, 3.63) is 58.8 Å². The van der Waals surface area contributed by atoms with E-state index in [9.17, 15) is 9.18 Å². The summed E-state index contributed by atoms with van der Waals surface area (Å²) in [5.41, 5.74) is 1.55. The number of furan rings is 1. The first-order valence-corrected chi connectivity index (χ1v) is 6.29. The van der Waals surface area contributed by atoms with Crippen LogP contribution in [0.15, 0.2) is 34.7 Å². The molecule has 1 heterocycles. The zero-order valence-electron chi connectivity index (χ0n) is 11.3. The maximum absolute atomic E-state index is 12.8. The second-order valence-electron chi connectivity index (χ2n) is 4.68. The number of nitrogens with one attached hydrogen (secondary N) is 1. The molecule has 0 radical (unpaired) electrons. The molecule has 0 aliphatic heterocycles. The van der Waals surface area contributed by atoms with Gasteiger partial charge in [0.1, 0.15) is 11.6 Å². The Labute approximate surface area is 116 Å². The van der Waals surface area contributed by atoms with Crippen molar-refractivity contribution in [3.8, 4) is 0 Å². The summed E-state index contributed by atoms with van der Waals surface area (Å²) in [5, 5.41) is 12.1. The summed E-state index contributed by atoms with van der Waals surface area (Å²) in [6.45, 7) is 4.05. The van der Waals surface area contributed by atoms with Gasteiger partial charge < -0.3 is 14.8 Å². The van der Waals surface area contributed by atoms with Gasteiger partial charge in [0.05, 0.1) is 6.54 Å². The summed E-state index contributed by atoms with van der Waals surface area (Å²) < 4.78 is 18.1. The van der Waals surface area contributed by atoms with Crippen LogP contribution in [0.3, 0.4) is 0 Å². The van der Waals surface area contributed by atoms with Gasteiger partial charge in [0.15, 0.2) is 0 Å². The minimum atomic E-state index is -1.07. The SMILES string of the molecule is Cc1cc(CNC(C)c2ccc(F)cc2)oc1C(=O)O. The third-order valence-electron chi connectivity index (χ3n) is 3.12. The van der Waals surface area contributed by atoms with Crippen LogP contribution in [0.5, 0.6) is 0 Å². The van der Waals surface area contributed by atoms with E-state index in [1.165, 1.54) is 12.1 Å². The third-order valence-corrected chi connectivity index (χ3v) is 3.12. The van der Waals surface area contributed by atoms with Crippen LogP contribution in [-0.2, 0) is 6.54 Å². The fourth-order valence-corrected chi connectivity index (χ4v) is 1.97. The van der Waals surface area contributed by atoms with Crippen molar-refractivity contribution >= 4 is 5.97 Å². The molecular weight excluding hydrogens is 261 g/mol. The molecular formula is C15H16FNO3. The Morgan fingerprint density at radius 1 is 1.40 bits per heavy atom. The van der Waals surface area contributed by atoms with Crippen molar-refractivity contribution in [2.24, 2.45) is 0 Å². The van der Waals surface area contributed by atoms with Gasteiger partial charge in [-0.15, -0.1) is 0 Å². The van der Waals surface area contributed by atoms with E-state index in [0.29, 0.717) is 17.9 Å². The average molecular weight is 277 g/mol. The van der Waals surface area contributed by atoms with E-state index in [-0.39, 0.29) is 17.6 Å². The molecule has 0 amide bonds. The number of halogens is 1. The Morgan fingerprint density at radius 2 is 2.05 bits per heavy atom. The normalized spacial score (nSPS) is 12.3. The van der Waals surface area contributed by atoms with E-state index in [1.54, 1.807) is 25.1 Å². The Balaban J connectivity index is 1.99. The molecule has 1 aromatic carbocycles. The van der Waals surface area contributed by atoms with Crippen LogP contribution in [-0.4, -0.2) is 11.1 Å². The van der Waals surface area contributed by atoms with Crippen LogP contribution in [0.4, 0.5) is 4.39 Å². The lowest BCUT2D eigenvalue weighted by molar-refractivity contribution is 0.0659. The first-order valence-electron chi connectivity index (χ1n) is 6.29. The number of benzene rings is 1. The standard InChI is InChI=1S/C15H16FNO3/c1-9-7-13(20-14(9)15(18)19)8-17-10(2)11-3-5-12(16)6-4-11/h3-7,10,17H,8H2,1-2H3,(H,18,19). The van der Waals surface area contributed by atoms with Gasteiger partial charge in [0, 0.05) is 11.6 Å². The summed E-state index contributed by atoms with van der Waals surface area (Å²) in [7, 11) is 0. The van der Waals surface area contributed by atoms with Crippen molar-refractivity contribution in [1.82, 2.24) is 5.32 Å². The van der Waals surface area contributed by atoms with Crippen LogP contribution in [0.1, 0.15) is 40.4 Å². The molecule has 106 valence electrons. The monoisotopic (exact) mass is 277 g/mol. The highest BCUT2D eigenvalue weighted by atomic mass is 19.1. The first kappa shape index (κ1) is 14.3. The molecule has 0 saturated carbocycles. The molecule has 2 aromatic rings. The molecule has 4 nitrogen and oxygen atoms in total. The molecule has 0 bridgehead atoms. The Morgan fingerprint density at radius 3 is 2.60 bits per heavy atom. The smallest absolute Gasteiger partial charge is 0.372 e. The van der Waals surface area contributed by atoms with Crippen molar-refractivity contribution < 1.29 is 18.7 Å². The summed E-state index contributed by atoms with van der Waals surface area (Å²) in [6.07, 6.45) is 0. The second-order valence-corrected chi connectivity index (χ2v) is 4.68. The quantitative estimate of drug-likeness (QED) is 0.880. The molecule has 0 saturated heterocycles. The summed E-state index contributed by atoms with van der Waals surface area (Å²) >= 11 is 0. The zero-order chi connectivity index (χ0) is 14.7. The van der Waals surface area contributed by atoms with Gasteiger partial charge in [0.25, 0.3) is 0 Å². The second kappa shape index (κ2) is 5.88. The molecule has 5 heteroatoms. The average Bonchev–Trinajstić information content (AvgIpc) is 2.78. The molecule has 1 aromatic heterocycles.